The Labute approximate surface area is 193 Å². The molecule has 0 aliphatic carbocycles. The van der Waals surface area contributed by atoms with Crippen LogP contribution in [0.25, 0.3) is 0 Å². The maximum Gasteiger partial charge on any atom is 0.286 e. The number of hydrogen-bond donors (Lipinski definition) is 8. The molecule has 2 aliphatic rings. The Balaban J connectivity index is 0. The molecule has 11 N–H and O–H groups in total. The summed E-state index contributed by atoms with van der Waals surface area (Å²) in [7, 11) is 3.52. The predicted octanol–water partition coefficient (Wildman–Crippen LogP) is -3.04. The van der Waals surface area contributed by atoms with E-state index in [0.717, 1.165) is 23.5 Å². The molecule has 0 atom stereocenters. The molecule has 0 unspecified atom stereocenters. The van der Waals surface area contributed by atoms with Crippen LogP contribution in [0.4, 0.5) is 4.79 Å². The van der Waals surface area contributed by atoms with Crippen LogP contribution in [-0.2, 0) is 9.59 Å². The summed E-state index contributed by atoms with van der Waals surface area (Å²) in [5.74, 6) is 0.781. The van der Waals surface area contributed by atoms with Crippen molar-refractivity contribution in [3.05, 3.63) is 0 Å². The summed E-state index contributed by atoms with van der Waals surface area (Å²) >= 11 is 1.96. The number of rotatable bonds is 4. The van der Waals surface area contributed by atoms with Gasteiger partial charge in [0.25, 0.3) is 11.1 Å². The topological polar surface area (TPSA) is 273 Å². The molecule has 0 spiro atoms. The molecule has 17 heteroatoms. The molecule has 0 aromatic rings. The van der Waals surface area contributed by atoms with E-state index in [9.17, 15) is 19.5 Å². The largest absolute Gasteiger partial charge is 0.854 e. The lowest BCUT2D eigenvalue weighted by Crippen LogP contribution is -2.28. The highest BCUT2D eigenvalue weighted by atomic mass is 32.2. The van der Waals surface area contributed by atoms with E-state index in [1.165, 1.54) is 0 Å². The molecule has 1 saturated heterocycles. The van der Waals surface area contributed by atoms with Gasteiger partial charge in [0.05, 0.1) is 24.6 Å². The van der Waals surface area contributed by atoms with Gasteiger partial charge in [-0.15, -0.1) is 11.8 Å². The highest BCUT2D eigenvalue weighted by molar-refractivity contribution is 8.14. The van der Waals surface area contributed by atoms with Crippen LogP contribution in [-0.4, -0.2) is 84.4 Å². The summed E-state index contributed by atoms with van der Waals surface area (Å²) in [6.45, 7) is 2.58. The second kappa shape index (κ2) is 18.7. The monoisotopic (exact) mass is 490 g/mol. The lowest BCUT2D eigenvalue weighted by Gasteiger charge is -1.95. The molecule has 2 heterocycles. The number of amides is 3. The van der Waals surface area contributed by atoms with Crippen molar-refractivity contribution in [3.8, 4) is 0 Å². The van der Waals surface area contributed by atoms with E-state index in [4.69, 9.17) is 28.0 Å². The fraction of sp³-hybridized carbons (Fsp3) is 0.467. The summed E-state index contributed by atoms with van der Waals surface area (Å²) in [6.07, 6.45) is 0. The average molecular weight is 491 g/mol. The van der Waals surface area contributed by atoms with E-state index < -0.39 is 0 Å². The zero-order chi connectivity index (χ0) is 25.1. The second-order valence-corrected chi connectivity index (χ2v) is 7.30. The van der Waals surface area contributed by atoms with Gasteiger partial charge in [-0.2, -0.15) is 4.99 Å². The number of carbonyl (C=O) groups excluding carboxylic acids is 3. The molecule has 1 fully saturated rings. The van der Waals surface area contributed by atoms with Gasteiger partial charge in [-0.1, -0.05) is 11.8 Å². The number of hydrogen-bond acceptors (Lipinski definition) is 10. The number of aliphatic imine (C=N–C) groups is 3. The molecule has 2 rings (SSSR count). The van der Waals surface area contributed by atoms with Crippen LogP contribution in [0.3, 0.4) is 0 Å². The number of thioether (sulfide) groups is 2. The van der Waals surface area contributed by atoms with Gasteiger partial charge in [0, 0.05) is 5.23 Å². The Bertz CT molecular complexity index is 722. The zero-order valence-corrected chi connectivity index (χ0v) is 19.5. The third kappa shape index (κ3) is 21.7. The lowest BCUT2D eigenvalue weighted by atomic mass is 10.5. The number of guanidine groups is 1. The summed E-state index contributed by atoms with van der Waals surface area (Å²) < 4.78 is 0. The van der Waals surface area contributed by atoms with Crippen LogP contribution in [0.2, 0.25) is 0 Å². The van der Waals surface area contributed by atoms with Crippen molar-refractivity contribution in [2.45, 2.75) is 6.92 Å². The molecule has 3 amide bonds. The number of likely N-dealkylation sites (N-methyl/N-ethyl adjacent to an activating group) is 2. The first-order valence-electron chi connectivity index (χ1n) is 8.63. The van der Waals surface area contributed by atoms with Crippen molar-refractivity contribution >= 4 is 69.3 Å². The van der Waals surface area contributed by atoms with Crippen molar-refractivity contribution in [3.63, 3.8) is 0 Å². The standard InChI is InChI=1S/C5H12N4.C4H11N5.2C3H3NO2S/c1-4(6)9-5(7)3-8-2;1-8-2-3(5)9-4(6)7;2*5-2-1-7-3(6)4-2/h8H,3H2,1-2H3,(H3,6,7,9);8H,2H2,1H3,(H5,5,6,7,9);2*1H2,(H,4,5,6)/p-1. The molecule has 0 aromatic heterocycles. The summed E-state index contributed by atoms with van der Waals surface area (Å²) in [5, 5.41) is 30.7. The SMILES string of the molecule is CNCC(N)=NC(=N)N.CNCC(N)=NC(C)=N.O=C1CSC(=O)N1.O=C1CSC([O-])=N1. The lowest BCUT2D eigenvalue weighted by molar-refractivity contribution is -0.205. The predicted molar refractivity (Wildman–Crippen MR) is 127 cm³/mol. The van der Waals surface area contributed by atoms with Crippen LogP contribution in [0.15, 0.2) is 15.0 Å². The Morgan fingerprint density at radius 3 is 1.81 bits per heavy atom. The first-order chi connectivity index (χ1) is 14.9. The maximum absolute atomic E-state index is 10.1. The Hall–Kier alpha value is -3.02. The smallest absolute Gasteiger partial charge is 0.286 e. The number of nitrogens with zero attached hydrogens (tertiary/aromatic N) is 3. The normalized spacial score (nSPS) is 15.2. The highest BCUT2D eigenvalue weighted by Crippen LogP contribution is 2.07. The van der Waals surface area contributed by atoms with Crippen LogP contribution in [0.5, 0.6) is 0 Å². The third-order valence-corrected chi connectivity index (χ3v) is 3.90. The van der Waals surface area contributed by atoms with Gasteiger partial charge in [-0.05, 0) is 21.0 Å². The number of amidine groups is 3. The molecular formula is C15H28N11O4S2-. The zero-order valence-electron chi connectivity index (χ0n) is 17.9. The summed E-state index contributed by atoms with van der Waals surface area (Å²) in [5.41, 5.74) is 15.5. The van der Waals surface area contributed by atoms with Crippen molar-refractivity contribution in [1.29, 1.82) is 10.8 Å². The molecular weight excluding hydrogens is 462 g/mol. The maximum atomic E-state index is 10.1. The molecule has 15 nitrogen and oxygen atoms in total. The van der Waals surface area contributed by atoms with E-state index in [0.29, 0.717) is 30.5 Å². The highest BCUT2D eigenvalue weighted by Gasteiger charge is 2.16. The minimum absolute atomic E-state index is 0.185. The van der Waals surface area contributed by atoms with Gasteiger partial charge in [-0.25, -0.2) is 9.98 Å². The second-order valence-electron chi connectivity index (χ2n) is 5.42. The molecule has 0 saturated carbocycles. The Kier molecular flexibility index (Phi) is 18.2. The molecule has 2 aliphatic heterocycles. The summed E-state index contributed by atoms with van der Waals surface area (Å²) in [6, 6.07) is 0. The van der Waals surface area contributed by atoms with Crippen LogP contribution < -0.4 is 38.3 Å². The molecule has 180 valence electrons. The Morgan fingerprint density at radius 2 is 1.59 bits per heavy atom. The van der Waals surface area contributed by atoms with Crippen LogP contribution in [0.1, 0.15) is 6.92 Å². The summed E-state index contributed by atoms with van der Waals surface area (Å²) in [4.78, 5) is 40.4. The number of nitrogens with one attached hydrogen (secondary N) is 5. The minimum atomic E-state index is -0.356. The van der Waals surface area contributed by atoms with E-state index in [1.807, 2.05) is 0 Å². The van der Waals surface area contributed by atoms with E-state index >= 15 is 0 Å². The first kappa shape index (κ1) is 31.2. The quantitative estimate of drug-likeness (QED) is 0.145. The fourth-order valence-corrected chi connectivity index (χ4v) is 2.42. The van der Waals surface area contributed by atoms with Gasteiger partial charge in [0.1, 0.15) is 17.5 Å². The van der Waals surface area contributed by atoms with Gasteiger partial charge < -0.3 is 32.9 Å². The Morgan fingerprint density at radius 1 is 1.06 bits per heavy atom. The van der Waals surface area contributed by atoms with Gasteiger partial charge in [0.2, 0.25) is 11.9 Å². The minimum Gasteiger partial charge on any atom is -0.854 e. The fourth-order valence-electron chi connectivity index (χ4n) is 1.42. The van der Waals surface area contributed by atoms with Crippen molar-refractivity contribution < 1.29 is 19.5 Å². The van der Waals surface area contributed by atoms with Crippen LogP contribution >= 0.6 is 23.5 Å². The molecule has 0 aromatic carbocycles. The number of nitrogens with two attached hydrogens (primary N) is 3. The molecule has 0 radical (unpaired) electrons. The number of carbonyl (C=O) groups is 3. The van der Waals surface area contributed by atoms with Crippen molar-refractivity contribution in [1.82, 2.24) is 16.0 Å². The van der Waals surface area contributed by atoms with Crippen molar-refractivity contribution in [2.24, 2.45) is 32.2 Å². The van der Waals surface area contributed by atoms with Crippen LogP contribution in [0, 0.1) is 10.8 Å². The van der Waals surface area contributed by atoms with Gasteiger partial charge >= 0.3 is 0 Å². The molecule has 32 heavy (non-hydrogen) atoms. The third-order valence-electron chi connectivity index (χ3n) is 2.40. The van der Waals surface area contributed by atoms with Crippen molar-refractivity contribution in [2.75, 3.05) is 38.7 Å². The van der Waals surface area contributed by atoms with E-state index in [-0.39, 0.29) is 39.8 Å². The van der Waals surface area contributed by atoms with E-state index in [1.54, 1.807) is 21.0 Å². The van der Waals surface area contributed by atoms with E-state index in [2.05, 4.69) is 30.9 Å². The first-order valence-corrected chi connectivity index (χ1v) is 10.6. The number of imide groups is 1. The van der Waals surface area contributed by atoms with Gasteiger partial charge in [-0.3, -0.25) is 30.5 Å². The van der Waals surface area contributed by atoms with Gasteiger partial charge in [0.15, 0.2) is 0 Å². The average Bonchev–Trinajstić information content (AvgIpc) is 3.22. The molecule has 0 bridgehead atoms.